The summed E-state index contributed by atoms with van der Waals surface area (Å²) in [5.41, 5.74) is 1.23. The zero-order valence-electron chi connectivity index (χ0n) is 17.9. The molecular weight excluding hydrogens is 420 g/mol. The minimum absolute atomic E-state index is 0.0181. The number of dihydropyridines is 1. The van der Waals surface area contributed by atoms with Crippen LogP contribution in [0, 0.1) is 23.2 Å². The normalized spacial score (nSPS) is 26.9. The summed E-state index contributed by atoms with van der Waals surface area (Å²) in [7, 11) is 1.66. The Morgan fingerprint density at radius 2 is 2.19 bits per heavy atom. The topological polar surface area (TPSA) is 84.4 Å². The van der Waals surface area contributed by atoms with Gasteiger partial charge in [-0.2, -0.15) is 0 Å². The number of amides is 1. The van der Waals surface area contributed by atoms with Crippen molar-refractivity contribution in [2.45, 2.75) is 18.6 Å². The molecule has 7 nitrogen and oxygen atoms in total. The number of fused-ring (bicyclic) bond motifs is 1. The molecule has 5 heterocycles. The van der Waals surface area contributed by atoms with E-state index in [2.05, 4.69) is 50.6 Å². The number of aromatic nitrogens is 1. The first-order valence-corrected chi connectivity index (χ1v) is 11.3. The number of nitrogens with zero attached hydrogens (tertiary/aromatic N) is 3. The second kappa shape index (κ2) is 7.93. The van der Waals surface area contributed by atoms with Crippen LogP contribution in [0.5, 0.6) is 0 Å². The summed E-state index contributed by atoms with van der Waals surface area (Å²) in [6, 6.07) is 6.19. The van der Waals surface area contributed by atoms with Gasteiger partial charge in [0, 0.05) is 53.4 Å². The van der Waals surface area contributed by atoms with E-state index in [4.69, 9.17) is 5.41 Å². The smallest absolute Gasteiger partial charge is 0.236 e. The minimum Gasteiger partial charge on any atom is -0.372 e. The SMILES string of the molecule is CC#Cc1cncc(-c2ccc([C@]34CN(C5C=CC=CN5)C[C@H]3C(=O)N(C)C(=N)N4)s2)c1. The van der Waals surface area contributed by atoms with Crippen molar-refractivity contribution in [1.82, 2.24) is 25.4 Å². The molecule has 2 saturated heterocycles. The molecule has 0 aliphatic carbocycles. The highest BCUT2D eigenvalue weighted by Crippen LogP contribution is 2.45. The lowest BCUT2D eigenvalue weighted by Gasteiger charge is -2.42. The van der Waals surface area contributed by atoms with Gasteiger partial charge in [0.1, 0.15) is 5.54 Å². The highest BCUT2D eigenvalue weighted by atomic mass is 32.1. The zero-order valence-corrected chi connectivity index (χ0v) is 18.7. The summed E-state index contributed by atoms with van der Waals surface area (Å²) in [5.74, 6) is 5.80. The highest BCUT2D eigenvalue weighted by Gasteiger charge is 2.57. The van der Waals surface area contributed by atoms with Crippen molar-refractivity contribution in [2.75, 3.05) is 20.1 Å². The third-order valence-electron chi connectivity index (χ3n) is 6.27. The van der Waals surface area contributed by atoms with Gasteiger partial charge in [0.2, 0.25) is 5.91 Å². The standard InChI is InChI=1S/C24H24N6OS/c1-3-6-16-11-17(13-26-12-16)19-8-9-20(32-19)24-15-30(21-7-4-5-10-27-21)14-18(24)22(31)29(2)23(25)28-24/h4-5,7-13,18,21,27H,14-15H2,1-2H3,(H2,25,28)/t18-,21?,24-/m0/s1. The molecule has 1 amide bonds. The summed E-state index contributed by atoms with van der Waals surface area (Å²) in [6.07, 6.45) is 11.6. The number of thiophene rings is 1. The second-order valence-electron chi connectivity index (χ2n) is 8.18. The lowest BCUT2D eigenvalue weighted by Crippen LogP contribution is -2.64. The Labute approximate surface area is 191 Å². The average Bonchev–Trinajstić information content (AvgIpc) is 3.45. The van der Waals surface area contributed by atoms with Gasteiger partial charge >= 0.3 is 0 Å². The highest BCUT2D eigenvalue weighted by molar-refractivity contribution is 7.15. The Balaban J connectivity index is 1.53. The maximum Gasteiger partial charge on any atom is 0.236 e. The number of nitrogens with one attached hydrogen (secondary N) is 3. The van der Waals surface area contributed by atoms with Crippen LogP contribution in [0.15, 0.2) is 55.0 Å². The largest absolute Gasteiger partial charge is 0.372 e. The fourth-order valence-electron chi connectivity index (χ4n) is 4.65. The molecule has 3 aliphatic rings. The molecule has 162 valence electrons. The summed E-state index contributed by atoms with van der Waals surface area (Å²) in [4.78, 5) is 23.4. The number of guanidine groups is 1. The van der Waals surface area contributed by atoms with E-state index in [1.807, 2.05) is 37.5 Å². The third kappa shape index (κ3) is 3.30. The molecule has 2 fully saturated rings. The number of hydrogen-bond acceptors (Lipinski definition) is 6. The van der Waals surface area contributed by atoms with Gasteiger partial charge in [-0.05, 0) is 43.5 Å². The molecule has 3 atom stereocenters. The number of carbonyl (C=O) groups is 1. The van der Waals surface area contributed by atoms with Crippen LogP contribution in [-0.2, 0) is 10.3 Å². The van der Waals surface area contributed by atoms with Gasteiger partial charge < -0.3 is 10.6 Å². The lowest BCUT2D eigenvalue weighted by atomic mass is 9.83. The van der Waals surface area contributed by atoms with Crippen molar-refractivity contribution in [3.05, 3.63) is 65.5 Å². The van der Waals surface area contributed by atoms with Gasteiger partial charge in [-0.1, -0.05) is 12.0 Å². The molecule has 0 spiro atoms. The number of likely N-dealkylation sites (tertiary alicyclic amines) is 1. The Kier molecular flexibility index (Phi) is 5.08. The van der Waals surface area contributed by atoms with Gasteiger partial charge in [-0.15, -0.1) is 17.3 Å². The van der Waals surface area contributed by atoms with E-state index in [-0.39, 0.29) is 24.0 Å². The second-order valence-corrected chi connectivity index (χ2v) is 9.26. The fraction of sp³-hybridized carbons (Fsp3) is 0.292. The maximum atomic E-state index is 13.3. The number of carbonyl (C=O) groups excluding carboxylic acids is 1. The molecule has 3 N–H and O–H groups in total. The van der Waals surface area contributed by atoms with Crippen LogP contribution in [0.3, 0.4) is 0 Å². The molecule has 0 saturated carbocycles. The fourth-order valence-corrected chi connectivity index (χ4v) is 5.82. The quantitative estimate of drug-likeness (QED) is 0.633. The van der Waals surface area contributed by atoms with Crippen LogP contribution in [-0.4, -0.2) is 53.0 Å². The van der Waals surface area contributed by atoms with E-state index in [0.29, 0.717) is 13.1 Å². The molecular formula is C24H24N6OS. The van der Waals surface area contributed by atoms with E-state index in [9.17, 15) is 4.79 Å². The first kappa shape index (κ1) is 20.5. The Hall–Kier alpha value is -3.41. The van der Waals surface area contributed by atoms with E-state index in [1.165, 1.54) is 4.90 Å². The molecule has 2 aromatic heterocycles. The molecule has 3 aliphatic heterocycles. The van der Waals surface area contributed by atoms with Crippen LogP contribution in [0.2, 0.25) is 0 Å². The minimum atomic E-state index is -0.644. The van der Waals surface area contributed by atoms with Gasteiger partial charge in [-0.25, -0.2) is 0 Å². The molecule has 5 rings (SSSR count). The van der Waals surface area contributed by atoms with E-state index >= 15 is 0 Å². The summed E-state index contributed by atoms with van der Waals surface area (Å²) >= 11 is 1.64. The van der Waals surface area contributed by atoms with Crippen molar-refractivity contribution >= 4 is 23.2 Å². The van der Waals surface area contributed by atoms with E-state index in [1.54, 1.807) is 24.6 Å². The zero-order chi connectivity index (χ0) is 22.3. The average molecular weight is 445 g/mol. The van der Waals surface area contributed by atoms with Crippen LogP contribution in [0.1, 0.15) is 17.4 Å². The lowest BCUT2D eigenvalue weighted by molar-refractivity contribution is -0.134. The molecule has 2 aromatic rings. The Morgan fingerprint density at radius 3 is 2.97 bits per heavy atom. The number of pyridine rings is 1. The van der Waals surface area contributed by atoms with Crippen molar-refractivity contribution in [3.63, 3.8) is 0 Å². The third-order valence-corrected chi connectivity index (χ3v) is 7.58. The first-order chi connectivity index (χ1) is 15.5. The van der Waals surface area contributed by atoms with Crippen molar-refractivity contribution in [1.29, 1.82) is 5.41 Å². The van der Waals surface area contributed by atoms with Crippen LogP contribution in [0.25, 0.3) is 10.4 Å². The maximum absolute atomic E-state index is 13.3. The summed E-state index contributed by atoms with van der Waals surface area (Å²) < 4.78 is 0. The van der Waals surface area contributed by atoms with Crippen molar-refractivity contribution < 1.29 is 4.79 Å². The van der Waals surface area contributed by atoms with Gasteiger partial charge in [0.15, 0.2) is 5.96 Å². The van der Waals surface area contributed by atoms with Crippen LogP contribution in [0.4, 0.5) is 0 Å². The molecule has 32 heavy (non-hydrogen) atoms. The Bertz CT molecular complexity index is 1200. The Morgan fingerprint density at radius 1 is 1.31 bits per heavy atom. The predicted molar refractivity (Wildman–Crippen MR) is 126 cm³/mol. The van der Waals surface area contributed by atoms with Crippen molar-refractivity contribution in [3.8, 4) is 22.3 Å². The van der Waals surface area contributed by atoms with Gasteiger partial charge in [0.05, 0.1) is 12.1 Å². The molecule has 0 bridgehead atoms. The molecule has 0 radical (unpaired) electrons. The summed E-state index contributed by atoms with van der Waals surface area (Å²) in [6.45, 7) is 3.04. The molecule has 1 unspecified atom stereocenters. The summed E-state index contributed by atoms with van der Waals surface area (Å²) in [5, 5.41) is 15.2. The molecule has 0 aromatic carbocycles. The molecule has 8 heteroatoms. The number of rotatable bonds is 3. The van der Waals surface area contributed by atoms with E-state index < -0.39 is 5.54 Å². The first-order valence-electron chi connectivity index (χ1n) is 10.5. The van der Waals surface area contributed by atoms with Crippen LogP contribution < -0.4 is 10.6 Å². The van der Waals surface area contributed by atoms with Crippen molar-refractivity contribution in [2.24, 2.45) is 5.92 Å². The van der Waals surface area contributed by atoms with E-state index in [0.717, 1.165) is 20.9 Å². The monoisotopic (exact) mass is 444 g/mol. The number of allylic oxidation sites excluding steroid dienone is 2. The van der Waals surface area contributed by atoms with Crippen LogP contribution >= 0.6 is 11.3 Å². The predicted octanol–water partition coefficient (Wildman–Crippen LogP) is 2.30. The van der Waals surface area contributed by atoms with Gasteiger partial charge in [0.25, 0.3) is 0 Å². The van der Waals surface area contributed by atoms with Gasteiger partial charge in [-0.3, -0.25) is 25.0 Å². The number of hydrogen-bond donors (Lipinski definition) is 3.